The first-order valence-electron chi connectivity index (χ1n) is 7.27. The van der Waals surface area contributed by atoms with Gasteiger partial charge in [0.2, 0.25) is 10.0 Å². The highest BCUT2D eigenvalue weighted by Crippen LogP contribution is 2.20. The molecule has 2 aromatic rings. The molecule has 0 saturated heterocycles. The Morgan fingerprint density at radius 3 is 2.70 bits per heavy atom. The molecule has 0 bridgehead atoms. The number of benzene rings is 1. The van der Waals surface area contributed by atoms with Gasteiger partial charge >= 0.3 is 0 Å². The molecule has 0 saturated carbocycles. The molecule has 0 fully saturated rings. The third-order valence-electron chi connectivity index (χ3n) is 3.39. The van der Waals surface area contributed by atoms with Crippen molar-refractivity contribution in [2.75, 3.05) is 12.4 Å². The van der Waals surface area contributed by atoms with Crippen LogP contribution in [0.3, 0.4) is 0 Å². The molecule has 0 aliphatic rings. The highest BCUT2D eigenvalue weighted by molar-refractivity contribution is 7.89. The Balaban J connectivity index is 2.22. The van der Waals surface area contributed by atoms with Crippen LogP contribution in [0, 0.1) is 6.92 Å². The number of amides is 1. The lowest BCUT2D eigenvalue weighted by molar-refractivity contribution is 0.102. The monoisotopic (exact) mass is 336 g/mol. The minimum atomic E-state index is -3.58. The number of carbonyl (C=O) groups excluding carboxylic acids is 1. The number of aromatic nitrogens is 2. The lowest BCUT2D eigenvalue weighted by Crippen LogP contribution is -2.20. The highest BCUT2D eigenvalue weighted by Gasteiger charge is 2.17. The standard InChI is InChI=1S/C15H20N4O3S/c1-4-5-12-8-13(19-18-12)15(20)17-11-7-6-10(2)14(9-11)23(21,22)16-3/h6-9,16H,4-5H2,1-3H3,(H,17,20)(H,18,19). The normalized spacial score (nSPS) is 11.4. The Morgan fingerprint density at radius 1 is 1.30 bits per heavy atom. The molecule has 1 amide bonds. The van der Waals surface area contributed by atoms with Gasteiger partial charge in [-0.2, -0.15) is 5.10 Å². The van der Waals surface area contributed by atoms with Gasteiger partial charge < -0.3 is 5.32 Å². The Morgan fingerprint density at radius 2 is 2.04 bits per heavy atom. The van der Waals surface area contributed by atoms with E-state index in [2.05, 4.69) is 20.2 Å². The second kappa shape index (κ2) is 6.93. The van der Waals surface area contributed by atoms with E-state index in [-0.39, 0.29) is 16.5 Å². The van der Waals surface area contributed by atoms with Crippen molar-refractivity contribution in [2.24, 2.45) is 0 Å². The van der Waals surface area contributed by atoms with Gasteiger partial charge in [-0.15, -0.1) is 0 Å². The molecule has 1 aromatic carbocycles. The van der Waals surface area contributed by atoms with Gasteiger partial charge in [0.05, 0.1) is 4.90 Å². The van der Waals surface area contributed by atoms with Gasteiger partial charge in [-0.1, -0.05) is 19.4 Å². The zero-order valence-electron chi connectivity index (χ0n) is 13.3. The van der Waals surface area contributed by atoms with E-state index < -0.39 is 10.0 Å². The van der Waals surface area contributed by atoms with E-state index in [9.17, 15) is 13.2 Å². The molecule has 0 unspecified atom stereocenters. The van der Waals surface area contributed by atoms with E-state index in [4.69, 9.17) is 0 Å². The summed E-state index contributed by atoms with van der Waals surface area (Å²) in [6, 6.07) is 6.42. The fraction of sp³-hybridized carbons (Fsp3) is 0.333. The van der Waals surface area contributed by atoms with Gasteiger partial charge in [0.25, 0.3) is 5.91 Å². The molecule has 0 aliphatic heterocycles. The van der Waals surface area contributed by atoms with Crippen molar-refractivity contribution in [3.05, 3.63) is 41.2 Å². The van der Waals surface area contributed by atoms with Gasteiger partial charge in [0.1, 0.15) is 0 Å². The second-order valence-corrected chi connectivity index (χ2v) is 7.03. The van der Waals surface area contributed by atoms with Crippen molar-refractivity contribution in [1.29, 1.82) is 0 Å². The number of sulfonamides is 1. The number of aryl methyl sites for hydroxylation is 2. The molecular formula is C15H20N4O3S. The number of hydrogen-bond donors (Lipinski definition) is 3. The van der Waals surface area contributed by atoms with Gasteiger partial charge in [-0.3, -0.25) is 9.89 Å². The van der Waals surface area contributed by atoms with Gasteiger partial charge in [-0.05, 0) is 44.2 Å². The summed E-state index contributed by atoms with van der Waals surface area (Å²) in [6.07, 6.45) is 1.77. The average molecular weight is 336 g/mol. The summed E-state index contributed by atoms with van der Waals surface area (Å²) in [5, 5.41) is 9.44. The van der Waals surface area contributed by atoms with Crippen molar-refractivity contribution in [3.8, 4) is 0 Å². The number of hydrogen-bond acceptors (Lipinski definition) is 4. The Bertz CT molecular complexity index is 812. The molecular weight excluding hydrogens is 316 g/mol. The number of anilines is 1. The van der Waals surface area contributed by atoms with Crippen LogP contribution in [0.25, 0.3) is 0 Å². The van der Waals surface area contributed by atoms with Crippen LogP contribution < -0.4 is 10.0 Å². The zero-order chi connectivity index (χ0) is 17.0. The number of nitrogens with one attached hydrogen (secondary N) is 3. The number of aromatic amines is 1. The van der Waals surface area contributed by atoms with E-state index in [1.54, 1.807) is 25.1 Å². The Kier molecular flexibility index (Phi) is 5.17. The maximum absolute atomic E-state index is 12.2. The van der Waals surface area contributed by atoms with Crippen molar-refractivity contribution in [3.63, 3.8) is 0 Å². The summed E-state index contributed by atoms with van der Waals surface area (Å²) < 4.78 is 26.2. The summed E-state index contributed by atoms with van der Waals surface area (Å²) in [5.74, 6) is -0.389. The number of carbonyl (C=O) groups is 1. The molecule has 0 atom stereocenters. The first-order chi connectivity index (χ1) is 10.9. The lowest BCUT2D eigenvalue weighted by atomic mass is 10.2. The van der Waals surface area contributed by atoms with E-state index in [0.717, 1.165) is 18.5 Å². The second-order valence-electron chi connectivity index (χ2n) is 5.17. The third kappa shape index (κ3) is 3.96. The first kappa shape index (κ1) is 17.2. The number of H-pyrrole nitrogens is 1. The van der Waals surface area contributed by atoms with Crippen molar-refractivity contribution in [1.82, 2.24) is 14.9 Å². The fourth-order valence-corrected chi connectivity index (χ4v) is 3.14. The van der Waals surface area contributed by atoms with Crippen LogP contribution in [-0.2, 0) is 16.4 Å². The van der Waals surface area contributed by atoms with Crippen LogP contribution in [0.4, 0.5) is 5.69 Å². The van der Waals surface area contributed by atoms with Crippen LogP contribution in [0.5, 0.6) is 0 Å². The molecule has 1 heterocycles. The van der Waals surface area contributed by atoms with Gasteiger partial charge in [0, 0.05) is 11.4 Å². The molecule has 3 N–H and O–H groups in total. The summed E-state index contributed by atoms with van der Waals surface area (Å²) in [5.41, 5.74) is 2.16. The van der Waals surface area contributed by atoms with Crippen LogP contribution in [0.1, 0.15) is 35.1 Å². The molecule has 0 aliphatic carbocycles. The molecule has 0 spiro atoms. The minimum absolute atomic E-state index is 0.131. The Hall–Kier alpha value is -2.19. The third-order valence-corrected chi connectivity index (χ3v) is 4.94. The quantitative estimate of drug-likeness (QED) is 0.748. The molecule has 124 valence electrons. The largest absolute Gasteiger partial charge is 0.321 e. The molecule has 1 aromatic heterocycles. The van der Waals surface area contributed by atoms with Gasteiger partial charge in [-0.25, -0.2) is 13.1 Å². The highest BCUT2D eigenvalue weighted by atomic mass is 32.2. The molecule has 8 heteroatoms. The fourth-order valence-electron chi connectivity index (χ4n) is 2.15. The van der Waals surface area contributed by atoms with Crippen LogP contribution in [-0.4, -0.2) is 31.6 Å². The number of nitrogens with zero attached hydrogens (tertiary/aromatic N) is 1. The van der Waals surface area contributed by atoms with Crippen molar-refractivity contribution >= 4 is 21.6 Å². The predicted octanol–water partition coefficient (Wildman–Crippen LogP) is 1.83. The predicted molar refractivity (Wildman–Crippen MR) is 88.0 cm³/mol. The van der Waals surface area contributed by atoms with Crippen LogP contribution >= 0.6 is 0 Å². The molecule has 0 radical (unpaired) electrons. The smallest absolute Gasteiger partial charge is 0.276 e. The molecule has 7 nitrogen and oxygen atoms in total. The first-order valence-corrected chi connectivity index (χ1v) is 8.75. The van der Waals surface area contributed by atoms with E-state index in [1.165, 1.54) is 13.1 Å². The molecule has 23 heavy (non-hydrogen) atoms. The maximum atomic E-state index is 12.2. The van der Waals surface area contributed by atoms with Gasteiger partial charge in [0.15, 0.2) is 5.69 Å². The average Bonchev–Trinajstić information content (AvgIpc) is 2.98. The lowest BCUT2D eigenvalue weighted by Gasteiger charge is -2.09. The summed E-state index contributed by atoms with van der Waals surface area (Å²) >= 11 is 0. The SMILES string of the molecule is CCCc1cc(C(=O)Nc2ccc(C)c(S(=O)(=O)NC)c2)n[nH]1. The van der Waals surface area contributed by atoms with E-state index >= 15 is 0 Å². The minimum Gasteiger partial charge on any atom is -0.321 e. The maximum Gasteiger partial charge on any atom is 0.276 e. The zero-order valence-corrected chi connectivity index (χ0v) is 14.1. The number of rotatable bonds is 6. The van der Waals surface area contributed by atoms with Crippen molar-refractivity contribution in [2.45, 2.75) is 31.6 Å². The topological polar surface area (TPSA) is 104 Å². The van der Waals surface area contributed by atoms with Crippen LogP contribution in [0.2, 0.25) is 0 Å². The van der Waals surface area contributed by atoms with E-state index in [0.29, 0.717) is 11.3 Å². The summed E-state index contributed by atoms with van der Waals surface area (Å²) in [7, 11) is -2.23. The molecule has 2 rings (SSSR count). The van der Waals surface area contributed by atoms with E-state index in [1.807, 2.05) is 6.92 Å². The summed E-state index contributed by atoms with van der Waals surface area (Å²) in [4.78, 5) is 12.3. The van der Waals surface area contributed by atoms with Crippen LogP contribution in [0.15, 0.2) is 29.2 Å². The van der Waals surface area contributed by atoms with Crippen molar-refractivity contribution < 1.29 is 13.2 Å². The Labute approximate surface area is 135 Å². The summed E-state index contributed by atoms with van der Waals surface area (Å²) in [6.45, 7) is 3.73.